The van der Waals surface area contributed by atoms with Crippen molar-refractivity contribution in [2.24, 2.45) is 45.3 Å². The van der Waals surface area contributed by atoms with Crippen LogP contribution in [0.5, 0.6) is 0 Å². The summed E-state index contributed by atoms with van der Waals surface area (Å²) in [5.41, 5.74) is 33.6. The summed E-state index contributed by atoms with van der Waals surface area (Å²) < 4.78 is 0. The minimum atomic E-state index is -1.28. The van der Waals surface area contributed by atoms with Crippen LogP contribution in [0.3, 0.4) is 0 Å². The number of aliphatic imine (C=N–C) groups is 1. The number of nitrogens with zero attached hydrogens (tertiary/aromatic N) is 2. The molecule has 1 fully saturated rings. The van der Waals surface area contributed by atoms with Crippen molar-refractivity contribution < 1.29 is 38.7 Å². The van der Waals surface area contributed by atoms with Gasteiger partial charge < -0.3 is 71.0 Å². The third-order valence-electron chi connectivity index (χ3n) is 9.53. The molecule has 1 rings (SSSR count). The van der Waals surface area contributed by atoms with Gasteiger partial charge >= 0.3 is 5.97 Å². The van der Waals surface area contributed by atoms with Crippen molar-refractivity contribution in [3.8, 4) is 0 Å². The summed E-state index contributed by atoms with van der Waals surface area (Å²) >= 11 is 0. The van der Waals surface area contributed by atoms with Gasteiger partial charge in [-0.1, -0.05) is 20.3 Å². The molecule has 21 nitrogen and oxygen atoms in total. The zero-order valence-corrected chi connectivity index (χ0v) is 33.6. The number of amides is 6. The minimum absolute atomic E-state index is 0.0233. The first-order valence-electron chi connectivity index (χ1n) is 20.0. The minimum Gasteiger partial charge on any atom is -0.480 e. The molecule has 0 spiro atoms. The summed E-state index contributed by atoms with van der Waals surface area (Å²) in [6.45, 7) is 4.58. The molecule has 0 aromatic carbocycles. The van der Waals surface area contributed by atoms with Gasteiger partial charge in [0.15, 0.2) is 5.96 Å². The third-order valence-corrected chi connectivity index (χ3v) is 9.53. The van der Waals surface area contributed by atoms with E-state index in [-0.39, 0.29) is 44.1 Å². The van der Waals surface area contributed by atoms with Crippen LogP contribution in [0.1, 0.15) is 97.3 Å². The molecule has 0 aromatic heterocycles. The molecule has 21 heteroatoms. The second-order valence-corrected chi connectivity index (χ2v) is 14.6. The van der Waals surface area contributed by atoms with E-state index >= 15 is 0 Å². The van der Waals surface area contributed by atoms with Crippen LogP contribution in [0.15, 0.2) is 4.99 Å². The van der Waals surface area contributed by atoms with Crippen LogP contribution < -0.4 is 61.0 Å². The van der Waals surface area contributed by atoms with E-state index in [1.54, 1.807) is 13.8 Å². The molecular formula is C36H69N13O8. The van der Waals surface area contributed by atoms with E-state index in [0.717, 1.165) is 6.42 Å². The number of carboxylic acid groups (broad SMARTS) is 1. The molecule has 1 aliphatic rings. The van der Waals surface area contributed by atoms with E-state index in [9.17, 15) is 38.7 Å². The fraction of sp³-hybridized carbons (Fsp3) is 0.778. The lowest BCUT2D eigenvalue weighted by Crippen LogP contribution is -2.58. The molecule has 0 bridgehead atoms. The van der Waals surface area contributed by atoms with Gasteiger partial charge in [0, 0.05) is 13.1 Å². The van der Waals surface area contributed by atoms with Gasteiger partial charge in [0.1, 0.15) is 30.2 Å². The summed E-state index contributed by atoms with van der Waals surface area (Å²) in [5.74, 6) is -5.43. The van der Waals surface area contributed by atoms with Crippen LogP contribution in [-0.2, 0) is 33.6 Å². The number of guanidine groups is 1. The standard InChI is InChI=1S/C36H69N13O8/c1-22(2)29(48-32(53)27-15-10-20-49(27)34(55)23(40)11-3-6-16-37)33(54)44-21-28(50)45-24(12-4-7-17-38)30(51)46-25(13-5-8-18-39)31(52)47-26(35(56)57)14-9-19-43-36(41)42/h22-27,29H,3-21,37-40H2,1-2H3,(H,44,54)(H,45,50)(H,46,51)(H,47,52)(H,48,53)(H,56,57)(H4,41,42,43)/t23-,24-,25-,26-,27-,29-/m0/s1. The summed E-state index contributed by atoms with van der Waals surface area (Å²) in [6.07, 6.45) is 5.41. The SMILES string of the molecule is CC(C)[C@H](NC(=O)[C@@H]1CCCN1C(=O)[C@@H](N)CCCCN)C(=O)NCC(=O)N[C@@H](CCCCN)C(=O)N[C@@H](CCCCN)C(=O)N[C@@H](CCCN=C(N)N)C(=O)O. The van der Waals surface area contributed by atoms with E-state index in [0.29, 0.717) is 77.5 Å². The number of unbranched alkanes of at least 4 members (excludes halogenated alkanes) is 3. The molecule has 1 aliphatic heterocycles. The first-order chi connectivity index (χ1) is 27.1. The number of hydrogen-bond acceptors (Lipinski definition) is 12. The highest BCUT2D eigenvalue weighted by atomic mass is 16.4. The van der Waals surface area contributed by atoms with Gasteiger partial charge in [0.2, 0.25) is 35.4 Å². The molecule has 6 atom stereocenters. The molecular weight excluding hydrogens is 742 g/mol. The number of carbonyl (C=O) groups is 7. The third kappa shape index (κ3) is 19.4. The molecule has 1 heterocycles. The second kappa shape index (κ2) is 27.9. The Morgan fingerprint density at radius 3 is 1.77 bits per heavy atom. The Morgan fingerprint density at radius 1 is 0.719 bits per heavy atom. The predicted molar refractivity (Wildman–Crippen MR) is 215 cm³/mol. The quantitative estimate of drug-likeness (QED) is 0.0199. The fourth-order valence-electron chi connectivity index (χ4n) is 6.28. The molecule has 0 radical (unpaired) electrons. The van der Waals surface area contributed by atoms with Crippen LogP contribution in [0.2, 0.25) is 0 Å². The number of rotatable bonds is 29. The number of hydrogen-bond donors (Lipinski definition) is 12. The summed E-state index contributed by atoms with van der Waals surface area (Å²) in [4.78, 5) is 97.0. The van der Waals surface area contributed by atoms with Crippen molar-refractivity contribution in [1.82, 2.24) is 31.5 Å². The Bertz CT molecular complexity index is 1330. The average molecular weight is 812 g/mol. The van der Waals surface area contributed by atoms with Crippen molar-refractivity contribution in [2.75, 3.05) is 39.3 Å². The maximum atomic E-state index is 13.6. The Morgan fingerprint density at radius 2 is 1.25 bits per heavy atom. The van der Waals surface area contributed by atoms with E-state index in [1.165, 1.54) is 4.90 Å². The summed E-state index contributed by atoms with van der Waals surface area (Å²) in [7, 11) is 0. The van der Waals surface area contributed by atoms with Crippen LogP contribution in [0, 0.1) is 5.92 Å². The number of nitrogens with two attached hydrogens (primary N) is 6. The fourth-order valence-corrected chi connectivity index (χ4v) is 6.28. The molecule has 1 saturated heterocycles. The number of likely N-dealkylation sites (tertiary alicyclic amines) is 1. The van der Waals surface area contributed by atoms with Gasteiger partial charge in [0.25, 0.3) is 0 Å². The van der Waals surface area contributed by atoms with E-state index in [2.05, 4.69) is 31.6 Å². The molecule has 0 aromatic rings. The second-order valence-electron chi connectivity index (χ2n) is 14.6. The zero-order chi connectivity index (χ0) is 42.9. The molecule has 0 saturated carbocycles. The Labute approximate surface area is 335 Å². The van der Waals surface area contributed by atoms with Crippen LogP contribution in [0.4, 0.5) is 0 Å². The molecule has 326 valence electrons. The maximum Gasteiger partial charge on any atom is 0.326 e. The van der Waals surface area contributed by atoms with Crippen LogP contribution >= 0.6 is 0 Å². The monoisotopic (exact) mass is 812 g/mol. The Hall–Kier alpha value is -4.60. The highest BCUT2D eigenvalue weighted by molar-refractivity contribution is 5.96. The zero-order valence-electron chi connectivity index (χ0n) is 33.6. The normalized spacial score (nSPS) is 16.4. The Kier molecular flexibility index (Phi) is 24.7. The van der Waals surface area contributed by atoms with Crippen LogP contribution in [0.25, 0.3) is 0 Å². The van der Waals surface area contributed by atoms with Gasteiger partial charge in [-0.15, -0.1) is 0 Å². The summed E-state index contributed by atoms with van der Waals surface area (Å²) in [6, 6.07) is -6.16. The van der Waals surface area contributed by atoms with Gasteiger partial charge in [-0.05, 0) is 103 Å². The molecule has 6 amide bonds. The molecule has 18 N–H and O–H groups in total. The lowest BCUT2D eigenvalue weighted by Gasteiger charge is -2.29. The van der Waals surface area contributed by atoms with Crippen molar-refractivity contribution in [1.29, 1.82) is 0 Å². The first kappa shape index (κ1) is 50.4. The molecule has 57 heavy (non-hydrogen) atoms. The van der Waals surface area contributed by atoms with Gasteiger partial charge in [-0.25, -0.2) is 4.79 Å². The highest BCUT2D eigenvalue weighted by Gasteiger charge is 2.38. The lowest BCUT2D eigenvalue weighted by atomic mass is 10.0. The smallest absolute Gasteiger partial charge is 0.326 e. The lowest BCUT2D eigenvalue weighted by molar-refractivity contribution is -0.142. The van der Waals surface area contributed by atoms with Crippen molar-refractivity contribution in [3.63, 3.8) is 0 Å². The van der Waals surface area contributed by atoms with E-state index in [1.807, 2.05) is 0 Å². The number of nitrogens with one attached hydrogen (secondary N) is 5. The average Bonchev–Trinajstić information content (AvgIpc) is 3.66. The molecule has 0 aliphatic carbocycles. The van der Waals surface area contributed by atoms with Crippen LogP contribution in [-0.4, -0.2) is 133 Å². The van der Waals surface area contributed by atoms with Gasteiger partial charge in [-0.2, -0.15) is 0 Å². The van der Waals surface area contributed by atoms with E-state index in [4.69, 9.17) is 34.4 Å². The molecule has 0 unspecified atom stereocenters. The highest BCUT2D eigenvalue weighted by Crippen LogP contribution is 2.20. The number of carboxylic acids is 1. The van der Waals surface area contributed by atoms with E-state index < -0.39 is 84.2 Å². The summed E-state index contributed by atoms with van der Waals surface area (Å²) in [5, 5.41) is 22.7. The number of aliphatic carboxylic acids is 1. The Balaban J connectivity index is 2.98. The van der Waals surface area contributed by atoms with Gasteiger partial charge in [0.05, 0.1) is 12.6 Å². The largest absolute Gasteiger partial charge is 0.480 e. The first-order valence-corrected chi connectivity index (χ1v) is 20.0. The van der Waals surface area contributed by atoms with Crippen molar-refractivity contribution >= 4 is 47.4 Å². The maximum absolute atomic E-state index is 13.6. The van der Waals surface area contributed by atoms with Crippen molar-refractivity contribution in [3.05, 3.63) is 0 Å². The topological polar surface area (TPSA) is 372 Å². The predicted octanol–water partition coefficient (Wildman–Crippen LogP) is -3.46. The van der Waals surface area contributed by atoms with Gasteiger partial charge in [-0.3, -0.25) is 33.8 Å². The number of carbonyl (C=O) groups excluding carboxylic acids is 6. The van der Waals surface area contributed by atoms with Crippen molar-refractivity contribution in [2.45, 2.75) is 134 Å².